The average molecular weight is 403 g/mol. The molecule has 1 fully saturated rings. The Morgan fingerprint density at radius 3 is 2.37 bits per heavy atom. The highest BCUT2D eigenvalue weighted by Crippen LogP contribution is 2.20. The van der Waals surface area contributed by atoms with Crippen molar-refractivity contribution in [1.29, 1.82) is 0 Å². The van der Waals surface area contributed by atoms with E-state index in [-0.39, 0.29) is 11.7 Å². The van der Waals surface area contributed by atoms with Crippen LogP contribution >= 0.6 is 0 Å². The zero-order valence-electron chi connectivity index (χ0n) is 16.4. The average Bonchev–Trinajstić information content (AvgIpc) is 2.80. The largest absolute Gasteiger partial charge is 0.368 e. The molecular formula is C23H22FN5O. The van der Waals surface area contributed by atoms with Gasteiger partial charge in [0.1, 0.15) is 23.8 Å². The number of nitrogens with zero attached hydrogens (tertiary/aromatic N) is 4. The quantitative estimate of drug-likeness (QED) is 0.660. The molecule has 4 rings (SSSR count). The summed E-state index contributed by atoms with van der Waals surface area (Å²) in [6.07, 6.45) is 4.48. The van der Waals surface area contributed by atoms with E-state index in [1.165, 1.54) is 30.2 Å². The highest BCUT2D eigenvalue weighted by molar-refractivity contribution is 6.01. The summed E-state index contributed by atoms with van der Waals surface area (Å²) in [6, 6.07) is 18.1. The molecule has 0 bridgehead atoms. The zero-order chi connectivity index (χ0) is 20.8. The van der Waals surface area contributed by atoms with Gasteiger partial charge >= 0.3 is 0 Å². The Balaban J connectivity index is 1.35. The number of hydrogen-bond donors (Lipinski definition) is 1. The Bertz CT molecular complexity index is 1020. The Morgan fingerprint density at radius 2 is 1.63 bits per heavy atom. The summed E-state index contributed by atoms with van der Waals surface area (Å²) < 4.78 is 12.9. The number of aromatic nitrogens is 2. The maximum Gasteiger partial charge on any atom is 0.249 e. The van der Waals surface area contributed by atoms with E-state index in [0.29, 0.717) is 5.82 Å². The van der Waals surface area contributed by atoms with Gasteiger partial charge in [-0.1, -0.05) is 30.3 Å². The zero-order valence-corrected chi connectivity index (χ0v) is 16.4. The highest BCUT2D eigenvalue weighted by Gasteiger charge is 2.18. The predicted molar refractivity (Wildman–Crippen MR) is 117 cm³/mol. The molecule has 1 aliphatic heterocycles. The minimum Gasteiger partial charge on any atom is -0.368 e. The molecule has 0 unspecified atom stereocenters. The lowest BCUT2D eigenvalue weighted by Gasteiger charge is -2.36. The SMILES string of the molecule is O=C(/C=C/c1ccc(F)cc1)Nc1cc(N2CCN(c3ccccc3)CC2)ncn1. The Hall–Kier alpha value is -3.74. The van der Waals surface area contributed by atoms with Crippen molar-refractivity contribution in [2.24, 2.45) is 0 Å². The van der Waals surface area contributed by atoms with Gasteiger partial charge in [-0.25, -0.2) is 14.4 Å². The maximum absolute atomic E-state index is 12.9. The molecule has 6 nitrogen and oxygen atoms in total. The lowest BCUT2D eigenvalue weighted by molar-refractivity contribution is -0.111. The first kappa shape index (κ1) is 19.6. The molecular weight excluding hydrogens is 381 g/mol. The van der Waals surface area contributed by atoms with E-state index in [1.807, 2.05) is 18.2 Å². The van der Waals surface area contributed by atoms with Gasteiger partial charge in [0.25, 0.3) is 0 Å². The van der Waals surface area contributed by atoms with Gasteiger partial charge in [0.2, 0.25) is 5.91 Å². The van der Waals surface area contributed by atoms with E-state index in [4.69, 9.17) is 0 Å². The summed E-state index contributed by atoms with van der Waals surface area (Å²) in [6.45, 7) is 3.47. The molecule has 1 amide bonds. The number of benzene rings is 2. The minimum atomic E-state index is -0.310. The van der Waals surface area contributed by atoms with Crippen LogP contribution in [0.1, 0.15) is 5.56 Å². The summed E-state index contributed by atoms with van der Waals surface area (Å²) in [5, 5.41) is 2.75. The van der Waals surface area contributed by atoms with E-state index < -0.39 is 0 Å². The van der Waals surface area contributed by atoms with E-state index in [2.05, 4.69) is 37.2 Å². The number of nitrogens with one attached hydrogen (secondary N) is 1. The third-order valence-corrected chi connectivity index (χ3v) is 4.93. The molecule has 152 valence electrons. The fourth-order valence-electron chi connectivity index (χ4n) is 3.33. The van der Waals surface area contributed by atoms with Gasteiger partial charge in [-0.3, -0.25) is 4.79 Å². The molecule has 0 saturated carbocycles. The number of anilines is 3. The van der Waals surface area contributed by atoms with Crippen molar-refractivity contribution in [3.05, 3.63) is 84.4 Å². The molecule has 2 heterocycles. The van der Waals surface area contributed by atoms with Crippen LogP contribution in [0.5, 0.6) is 0 Å². The lowest BCUT2D eigenvalue weighted by Crippen LogP contribution is -2.46. The minimum absolute atomic E-state index is 0.308. The summed E-state index contributed by atoms with van der Waals surface area (Å²) >= 11 is 0. The monoisotopic (exact) mass is 403 g/mol. The van der Waals surface area contributed by atoms with E-state index in [0.717, 1.165) is 37.6 Å². The van der Waals surface area contributed by atoms with Gasteiger partial charge in [0.15, 0.2) is 0 Å². The van der Waals surface area contributed by atoms with Gasteiger partial charge in [0, 0.05) is 44.0 Å². The van der Waals surface area contributed by atoms with E-state index in [9.17, 15) is 9.18 Å². The third-order valence-electron chi connectivity index (χ3n) is 4.93. The molecule has 0 radical (unpaired) electrons. The molecule has 1 aromatic heterocycles. The van der Waals surface area contributed by atoms with Crippen LogP contribution in [0, 0.1) is 5.82 Å². The van der Waals surface area contributed by atoms with Crippen LogP contribution in [-0.2, 0) is 4.79 Å². The fourth-order valence-corrected chi connectivity index (χ4v) is 3.33. The summed E-state index contributed by atoms with van der Waals surface area (Å²) in [4.78, 5) is 25.2. The molecule has 3 aromatic rings. The summed E-state index contributed by atoms with van der Waals surface area (Å²) in [5.41, 5.74) is 1.96. The molecule has 2 aromatic carbocycles. The fraction of sp³-hybridized carbons (Fsp3) is 0.174. The first-order valence-corrected chi connectivity index (χ1v) is 9.79. The van der Waals surface area contributed by atoms with Crippen LogP contribution in [0.4, 0.5) is 21.7 Å². The first-order valence-electron chi connectivity index (χ1n) is 9.79. The third kappa shape index (κ3) is 5.00. The molecule has 0 atom stereocenters. The van der Waals surface area contributed by atoms with Crippen molar-refractivity contribution in [1.82, 2.24) is 9.97 Å². The second-order valence-electron chi connectivity index (χ2n) is 6.95. The molecule has 1 saturated heterocycles. The second-order valence-corrected chi connectivity index (χ2v) is 6.95. The number of amides is 1. The maximum atomic E-state index is 12.9. The topological polar surface area (TPSA) is 61.4 Å². The Morgan fingerprint density at radius 1 is 0.933 bits per heavy atom. The second kappa shape index (κ2) is 9.17. The van der Waals surface area contributed by atoms with Crippen molar-refractivity contribution in [3.63, 3.8) is 0 Å². The van der Waals surface area contributed by atoms with Crippen molar-refractivity contribution >= 4 is 29.3 Å². The molecule has 1 N–H and O–H groups in total. The summed E-state index contributed by atoms with van der Waals surface area (Å²) in [5.74, 6) is 0.613. The normalized spacial score (nSPS) is 14.2. The molecule has 0 aliphatic carbocycles. The van der Waals surface area contributed by atoms with Gasteiger partial charge < -0.3 is 15.1 Å². The number of carbonyl (C=O) groups excluding carboxylic acids is 1. The molecule has 0 spiro atoms. The van der Waals surface area contributed by atoms with Crippen LogP contribution in [0.3, 0.4) is 0 Å². The standard InChI is InChI=1S/C23H22FN5O/c24-19-9-6-18(7-10-19)8-11-23(30)27-21-16-22(26-17-25-21)29-14-12-28(13-15-29)20-4-2-1-3-5-20/h1-11,16-17H,12-15H2,(H,25,26,27,30)/b11-8+. The Kier molecular flexibility index (Phi) is 5.98. The predicted octanol–water partition coefficient (Wildman–Crippen LogP) is 3.59. The van der Waals surface area contributed by atoms with Crippen LogP contribution < -0.4 is 15.1 Å². The van der Waals surface area contributed by atoms with E-state index in [1.54, 1.807) is 24.3 Å². The van der Waals surface area contributed by atoms with Crippen LogP contribution in [0.15, 0.2) is 73.1 Å². The Labute approximate surface area is 174 Å². The number of hydrogen-bond acceptors (Lipinski definition) is 5. The number of rotatable bonds is 5. The number of carbonyl (C=O) groups is 1. The number of piperazine rings is 1. The van der Waals surface area contributed by atoms with Crippen LogP contribution in [-0.4, -0.2) is 42.1 Å². The highest BCUT2D eigenvalue weighted by atomic mass is 19.1. The molecule has 7 heteroatoms. The molecule has 30 heavy (non-hydrogen) atoms. The van der Waals surface area contributed by atoms with Crippen molar-refractivity contribution in [2.45, 2.75) is 0 Å². The number of halogens is 1. The van der Waals surface area contributed by atoms with Crippen molar-refractivity contribution < 1.29 is 9.18 Å². The van der Waals surface area contributed by atoms with Crippen LogP contribution in [0.25, 0.3) is 6.08 Å². The van der Waals surface area contributed by atoms with Gasteiger partial charge in [0.05, 0.1) is 0 Å². The van der Waals surface area contributed by atoms with Crippen molar-refractivity contribution in [3.8, 4) is 0 Å². The summed E-state index contributed by atoms with van der Waals surface area (Å²) in [7, 11) is 0. The van der Waals surface area contributed by atoms with Crippen LogP contribution in [0.2, 0.25) is 0 Å². The first-order chi connectivity index (χ1) is 14.7. The van der Waals surface area contributed by atoms with Gasteiger partial charge in [-0.2, -0.15) is 0 Å². The van der Waals surface area contributed by atoms with E-state index >= 15 is 0 Å². The smallest absolute Gasteiger partial charge is 0.249 e. The van der Waals surface area contributed by atoms with Crippen molar-refractivity contribution in [2.75, 3.05) is 41.3 Å². The number of para-hydroxylation sites is 1. The van der Waals surface area contributed by atoms with Gasteiger partial charge in [-0.05, 0) is 35.9 Å². The van der Waals surface area contributed by atoms with Gasteiger partial charge in [-0.15, -0.1) is 0 Å². The lowest BCUT2D eigenvalue weighted by atomic mass is 10.2. The molecule has 1 aliphatic rings.